The number of halogens is 2. The average Bonchev–Trinajstić information content (AvgIpc) is 2.83. The molecular weight excluding hydrogens is 375 g/mol. The van der Waals surface area contributed by atoms with Crippen LogP contribution < -0.4 is 10.6 Å². The summed E-state index contributed by atoms with van der Waals surface area (Å²) in [6.07, 6.45) is -1.15. The van der Waals surface area contributed by atoms with Crippen molar-refractivity contribution in [2.24, 2.45) is 0 Å². The summed E-state index contributed by atoms with van der Waals surface area (Å²) in [4.78, 5) is 35.5. The Morgan fingerprint density at radius 3 is 2.67 bits per heavy atom. The largest absolute Gasteiger partial charge is 0.448 e. The lowest BCUT2D eigenvalue weighted by Crippen LogP contribution is -2.44. The van der Waals surface area contributed by atoms with Crippen molar-refractivity contribution in [3.05, 3.63) is 33.1 Å². The molecule has 0 aliphatic rings. The average molecular weight is 389 g/mol. The van der Waals surface area contributed by atoms with Crippen molar-refractivity contribution in [2.75, 3.05) is 6.54 Å². The van der Waals surface area contributed by atoms with Gasteiger partial charge in [0.15, 0.2) is 6.10 Å². The lowest BCUT2D eigenvalue weighted by Gasteiger charge is -2.12. The highest BCUT2D eigenvalue weighted by atomic mass is 35.5. The molecule has 1 heterocycles. The van der Waals surface area contributed by atoms with Crippen molar-refractivity contribution in [3.8, 4) is 0 Å². The van der Waals surface area contributed by atoms with Crippen LogP contribution in [0.4, 0.5) is 4.79 Å². The zero-order chi connectivity index (χ0) is 17.9. The third-order valence-electron chi connectivity index (χ3n) is 3.00. The molecule has 0 saturated carbocycles. The van der Waals surface area contributed by atoms with Crippen molar-refractivity contribution in [1.29, 1.82) is 0 Å². The molecule has 24 heavy (non-hydrogen) atoms. The zero-order valence-electron chi connectivity index (χ0n) is 12.8. The molecule has 2 N–H and O–H groups in total. The summed E-state index contributed by atoms with van der Waals surface area (Å²) >= 11 is 13.2. The molecule has 2 aromatic rings. The Hall–Kier alpha value is -1.83. The SMILES string of the molecule is CCNC(=O)NC(=O)[C@H](C)OC(=O)c1sc2cc(Cl)ccc2c1Cl. The number of fused-ring (bicyclic) bond motifs is 1. The van der Waals surface area contributed by atoms with E-state index in [4.69, 9.17) is 27.9 Å². The van der Waals surface area contributed by atoms with Crippen LogP contribution in [0.5, 0.6) is 0 Å². The number of hydrogen-bond acceptors (Lipinski definition) is 5. The fourth-order valence-electron chi connectivity index (χ4n) is 1.86. The van der Waals surface area contributed by atoms with Gasteiger partial charge in [-0.25, -0.2) is 9.59 Å². The van der Waals surface area contributed by atoms with Gasteiger partial charge in [0.1, 0.15) is 4.88 Å². The van der Waals surface area contributed by atoms with Crippen molar-refractivity contribution < 1.29 is 19.1 Å². The molecule has 0 aliphatic heterocycles. The molecule has 0 spiro atoms. The van der Waals surface area contributed by atoms with Gasteiger partial charge >= 0.3 is 12.0 Å². The molecule has 1 atom stereocenters. The number of thiophene rings is 1. The molecule has 3 amide bonds. The second-order valence-electron chi connectivity index (χ2n) is 4.78. The van der Waals surface area contributed by atoms with Gasteiger partial charge in [0.2, 0.25) is 0 Å². The van der Waals surface area contributed by atoms with E-state index in [-0.39, 0.29) is 9.90 Å². The smallest absolute Gasteiger partial charge is 0.350 e. The van der Waals surface area contributed by atoms with Crippen molar-refractivity contribution in [3.63, 3.8) is 0 Å². The first-order chi connectivity index (χ1) is 11.3. The summed E-state index contributed by atoms with van der Waals surface area (Å²) < 4.78 is 5.81. The maximum absolute atomic E-state index is 12.2. The summed E-state index contributed by atoms with van der Waals surface area (Å²) in [5.74, 6) is -1.47. The van der Waals surface area contributed by atoms with Crippen molar-refractivity contribution >= 4 is 62.5 Å². The Kier molecular flexibility index (Phi) is 6.04. The van der Waals surface area contributed by atoms with E-state index in [1.165, 1.54) is 6.92 Å². The highest BCUT2D eigenvalue weighted by Crippen LogP contribution is 2.37. The molecule has 128 valence electrons. The molecular formula is C15H14Cl2N2O4S. The Morgan fingerprint density at radius 1 is 1.29 bits per heavy atom. The molecule has 9 heteroatoms. The van der Waals surface area contributed by atoms with E-state index in [0.29, 0.717) is 17.0 Å². The number of ether oxygens (including phenoxy) is 1. The van der Waals surface area contributed by atoms with Gasteiger partial charge < -0.3 is 10.1 Å². The predicted molar refractivity (Wildman–Crippen MR) is 93.9 cm³/mol. The third kappa shape index (κ3) is 4.17. The van der Waals surface area contributed by atoms with Crippen LogP contribution in [-0.2, 0) is 9.53 Å². The van der Waals surface area contributed by atoms with Crippen LogP contribution in [0.25, 0.3) is 10.1 Å². The number of nitrogens with one attached hydrogen (secondary N) is 2. The minimum Gasteiger partial charge on any atom is -0.448 e. The van der Waals surface area contributed by atoms with E-state index in [2.05, 4.69) is 10.6 Å². The second kappa shape index (κ2) is 7.83. The fourth-order valence-corrected chi connectivity index (χ4v) is 3.52. The van der Waals surface area contributed by atoms with Crippen LogP contribution in [-0.4, -0.2) is 30.6 Å². The van der Waals surface area contributed by atoms with Gasteiger partial charge in [-0.2, -0.15) is 0 Å². The number of carbonyl (C=O) groups excluding carboxylic acids is 3. The minimum atomic E-state index is -1.15. The maximum atomic E-state index is 12.2. The van der Waals surface area contributed by atoms with E-state index in [1.54, 1.807) is 25.1 Å². The summed E-state index contributed by atoms with van der Waals surface area (Å²) in [7, 11) is 0. The first kappa shape index (κ1) is 18.5. The normalized spacial score (nSPS) is 11.8. The van der Waals surface area contributed by atoms with Crippen LogP contribution in [0.2, 0.25) is 10.0 Å². The molecule has 0 unspecified atom stereocenters. The van der Waals surface area contributed by atoms with Gasteiger partial charge in [-0.15, -0.1) is 11.3 Å². The molecule has 2 rings (SSSR count). The first-order valence-corrected chi connectivity index (χ1v) is 8.58. The number of imide groups is 1. The van der Waals surface area contributed by atoms with Crippen LogP contribution in [0.3, 0.4) is 0 Å². The highest BCUT2D eigenvalue weighted by molar-refractivity contribution is 7.21. The number of amides is 3. The summed E-state index contributed by atoms with van der Waals surface area (Å²) in [6, 6.07) is 4.41. The molecule has 0 aliphatic carbocycles. The Bertz CT molecular complexity index is 806. The fraction of sp³-hybridized carbons (Fsp3) is 0.267. The van der Waals surface area contributed by atoms with Gasteiger partial charge in [-0.05, 0) is 26.0 Å². The van der Waals surface area contributed by atoms with E-state index >= 15 is 0 Å². The Labute approximate surface area is 152 Å². The number of urea groups is 1. The molecule has 6 nitrogen and oxygen atoms in total. The molecule has 0 fully saturated rings. The Balaban J connectivity index is 2.10. The monoisotopic (exact) mass is 388 g/mol. The number of rotatable bonds is 4. The van der Waals surface area contributed by atoms with E-state index in [0.717, 1.165) is 16.0 Å². The summed E-state index contributed by atoms with van der Waals surface area (Å²) in [5, 5.41) is 5.92. The number of carbonyl (C=O) groups is 3. The van der Waals surface area contributed by atoms with Crippen molar-refractivity contribution in [2.45, 2.75) is 20.0 Å². The molecule has 1 aromatic carbocycles. The summed E-state index contributed by atoms with van der Waals surface area (Å²) in [6.45, 7) is 3.45. The first-order valence-electron chi connectivity index (χ1n) is 7.00. The molecule has 1 aromatic heterocycles. The van der Waals surface area contributed by atoms with Gasteiger partial charge in [0, 0.05) is 21.7 Å². The van der Waals surface area contributed by atoms with Crippen molar-refractivity contribution in [1.82, 2.24) is 10.6 Å². The Morgan fingerprint density at radius 2 is 2.00 bits per heavy atom. The van der Waals surface area contributed by atoms with Gasteiger partial charge in [-0.1, -0.05) is 29.3 Å². The van der Waals surface area contributed by atoms with Crippen LogP contribution >= 0.6 is 34.5 Å². The van der Waals surface area contributed by atoms with Gasteiger partial charge in [0.05, 0.1) is 5.02 Å². The lowest BCUT2D eigenvalue weighted by atomic mass is 10.2. The second-order valence-corrected chi connectivity index (χ2v) is 6.65. The number of hydrogen-bond donors (Lipinski definition) is 2. The van der Waals surface area contributed by atoms with Crippen LogP contribution in [0.15, 0.2) is 18.2 Å². The van der Waals surface area contributed by atoms with E-state index in [1.807, 2.05) is 0 Å². The maximum Gasteiger partial charge on any atom is 0.350 e. The zero-order valence-corrected chi connectivity index (χ0v) is 15.1. The molecule has 0 radical (unpaired) electrons. The topological polar surface area (TPSA) is 84.5 Å². The predicted octanol–water partition coefficient (Wildman–Crippen LogP) is 3.60. The third-order valence-corrected chi connectivity index (χ3v) is 4.88. The number of benzene rings is 1. The van der Waals surface area contributed by atoms with E-state index < -0.39 is 24.0 Å². The quantitative estimate of drug-likeness (QED) is 0.783. The van der Waals surface area contributed by atoms with E-state index in [9.17, 15) is 14.4 Å². The van der Waals surface area contributed by atoms with Crippen LogP contribution in [0, 0.1) is 0 Å². The van der Waals surface area contributed by atoms with Gasteiger partial charge in [0.25, 0.3) is 5.91 Å². The van der Waals surface area contributed by atoms with Gasteiger partial charge in [-0.3, -0.25) is 10.1 Å². The molecule has 0 saturated heterocycles. The number of esters is 1. The summed E-state index contributed by atoms with van der Waals surface area (Å²) in [5.41, 5.74) is 0. The standard InChI is InChI=1S/C15H14Cl2N2O4S/c1-3-18-15(22)19-13(20)7(2)23-14(21)12-11(17)9-5-4-8(16)6-10(9)24-12/h4-7H,3H2,1-2H3,(H2,18,19,20,22)/t7-/m0/s1. The lowest BCUT2D eigenvalue weighted by molar-refractivity contribution is -0.127. The highest BCUT2D eigenvalue weighted by Gasteiger charge is 2.24. The van der Waals surface area contributed by atoms with Crippen LogP contribution in [0.1, 0.15) is 23.5 Å². The minimum absolute atomic E-state index is 0.173. The molecule has 0 bridgehead atoms.